The van der Waals surface area contributed by atoms with Crippen molar-refractivity contribution in [3.05, 3.63) is 155 Å². The summed E-state index contributed by atoms with van der Waals surface area (Å²) in [7, 11) is 0. The molecule has 0 radical (unpaired) electrons. The SMILES string of the molecule is CC(C)c1ccc(/C=C(\NC(=O)c2ccccc2)C(=O)Nc2ccc(SC(C(=O)Nc3ccc4c(c3)OCO4)c3ccccc3)cc2)cc1. The molecule has 5 aromatic rings. The Labute approximate surface area is 289 Å². The van der Waals surface area contributed by atoms with Crippen LogP contribution in [0.5, 0.6) is 11.5 Å². The zero-order valence-electron chi connectivity index (χ0n) is 27.0. The van der Waals surface area contributed by atoms with Crippen LogP contribution in [0.15, 0.2) is 138 Å². The maximum absolute atomic E-state index is 13.6. The molecule has 0 aromatic heterocycles. The van der Waals surface area contributed by atoms with E-state index in [0.717, 1.165) is 16.0 Å². The van der Waals surface area contributed by atoms with Gasteiger partial charge >= 0.3 is 0 Å². The van der Waals surface area contributed by atoms with Crippen LogP contribution in [0.2, 0.25) is 0 Å². The summed E-state index contributed by atoms with van der Waals surface area (Å²) < 4.78 is 10.8. The van der Waals surface area contributed by atoms with Crippen LogP contribution in [0.4, 0.5) is 11.4 Å². The molecule has 9 heteroatoms. The fourth-order valence-corrected chi connectivity index (χ4v) is 6.14. The van der Waals surface area contributed by atoms with Crippen LogP contribution in [0.25, 0.3) is 6.08 Å². The molecule has 1 aliphatic rings. The van der Waals surface area contributed by atoms with Gasteiger partial charge in [0.25, 0.3) is 11.8 Å². The number of nitrogens with one attached hydrogen (secondary N) is 3. The predicted molar refractivity (Wildman–Crippen MR) is 194 cm³/mol. The van der Waals surface area contributed by atoms with Crippen LogP contribution in [0.1, 0.15) is 52.1 Å². The summed E-state index contributed by atoms with van der Waals surface area (Å²) in [5, 5.41) is 8.14. The van der Waals surface area contributed by atoms with Crippen molar-refractivity contribution in [2.45, 2.75) is 29.9 Å². The monoisotopic (exact) mass is 669 g/mol. The Morgan fingerprint density at radius 1 is 0.694 bits per heavy atom. The Kier molecular flexibility index (Phi) is 10.4. The maximum atomic E-state index is 13.6. The summed E-state index contributed by atoms with van der Waals surface area (Å²) in [5.41, 5.74) is 4.48. The first kappa shape index (κ1) is 33.1. The van der Waals surface area contributed by atoms with E-state index >= 15 is 0 Å². The Hall–Kier alpha value is -5.80. The van der Waals surface area contributed by atoms with E-state index in [0.29, 0.717) is 34.4 Å². The number of anilines is 2. The van der Waals surface area contributed by atoms with Gasteiger partial charge < -0.3 is 25.4 Å². The van der Waals surface area contributed by atoms with E-state index < -0.39 is 17.1 Å². The Balaban J connectivity index is 1.18. The number of hydrogen-bond acceptors (Lipinski definition) is 6. The third-order valence-corrected chi connectivity index (χ3v) is 9.06. The molecule has 0 spiro atoms. The number of rotatable bonds is 11. The van der Waals surface area contributed by atoms with Crippen LogP contribution in [-0.2, 0) is 9.59 Å². The summed E-state index contributed by atoms with van der Waals surface area (Å²) in [5.74, 6) is 0.535. The van der Waals surface area contributed by atoms with Crippen LogP contribution in [0, 0.1) is 0 Å². The number of benzene rings is 5. The summed E-state index contributed by atoms with van der Waals surface area (Å²) >= 11 is 1.39. The van der Waals surface area contributed by atoms with Gasteiger partial charge in [0.05, 0.1) is 0 Å². The van der Waals surface area contributed by atoms with Gasteiger partial charge in [-0.05, 0) is 77.2 Å². The molecule has 1 atom stereocenters. The average molecular weight is 670 g/mol. The van der Waals surface area contributed by atoms with Crippen LogP contribution < -0.4 is 25.4 Å². The third-order valence-electron chi connectivity index (χ3n) is 7.79. The second-order valence-electron chi connectivity index (χ2n) is 11.6. The van der Waals surface area contributed by atoms with E-state index in [-0.39, 0.29) is 18.4 Å². The first-order valence-corrected chi connectivity index (χ1v) is 16.7. The average Bonchev–Trinajstić information content (AvgIpc) is 3.60. The minimum atomic E-state index is -0.558. The quantitative estimate of drug-likeness (QED) is 0.0964. The Bertz CT molecular complexity index is 1960. The van der Waals surface area contributed by atoms with Crippen molar-refractivity contribution in [1.29, 1.82) is 0 Å². The molecular formula is C40H35N3O5S. The van der Waals surface area contributed by atoms with Crippen molar-refractivity contribution >= 4 is 46.9 Å². The lowest BCUT2D eigenvalue weighted by Crippen LogP contribution is -2.30. The van der Waals surface area contributed by atoms with Gasteiger partial charge in [-0.15, -0.1) is 11.8 Å². The summed E-state index contributed by atoms with van der Waals surface area (Å²) in [6.45, 7) is 4.38. The van der Waals surface area contributed by atoms with Crippen molar-refractivity contribution < 1.29 is 23.9 Å². The smallest absolute Gasteiger partial charge is 0.272 e. The molecule has 49 heavy (non-hydrogen) atoms. The van der Waals surface area contributed by atoms with E-state index in [1.807, 2.05) is 72.8 Å². The highest BCUT2D eigenvalue weighted by Gasteiger charge is 2.24. The largest absolute Gasteiger partial charge is 0.454 e. The lowest BCUT2D eigenvalue weighted by atomic mass is 10.0. The molecule has 1 heterocycles. The summed E-state index contributed by atoms with van der Waals surface area (Å²) in [4.78, 5) is 41.0. The summed E-state index contributed by atoms with van der Waals surface area (Å²) in [6, 6.07) is 38.7. The minimum Gasteiger partial charge on any atom is -0.454 e. The minimum absolute atomic E-state index is 0.105. The molecule has 0 fully saturated rings. The van der Waals surface area contributed by atoms with E-state index in [1.54, 1.807) is 60.7 Å². The molecular weight excluding hydrogens is 635 g/mol. The standard InChI is InChI=1S/C40H35N3O5S/c1-26(2)28-15-13-27(14-16-28)23-34(43-38(44)30-11-7-4-8-12-30)39(45)41-31-17-20-33(21-18-31)49-37(29-9-5-3-6-10-29)40(46)42-32-19-22-35-36(24-32)48-25-47-35/h3-24,26,37H,25H2,1-2H3,(H,41,45)(H,42,46)(H,43,44)/b34-23-. The zero-order chi connectivity index (χ0) is 34.2. The first-order valence-electron chi connectivity index (χ1n) is 15.8. The number of hydrogen-bond donors (Lipinski definition) is 3. The molecule has 0 aliphatic carbocycles. The van der Waals surface area contributed by atoms with Crippen molar-refractivity contribution in [1.82, 2.24) is 5.32 Å². The lowest BCUT2D eigenvalue weighted by molar-refractivity contribution is -0.116. The highest BCUT2D eigenvalue weighted by Crippen LogP contribution is 2.38. The normalized spacial score (nSPS) is 12.7. The predicted octanol–water partition coefficient (Wildman–Crippen LogP) is 8.42. The number of fused-ring (bicyclic) bond motifs is 1. The number of amides is 3. The van der Waals surface area contributed by atoms with Crippen LogP contribution >= 0.6 is 11.8 Å². The Morgan fingerprint density at radius 3 is 2.04 bits per heavy atom. The number of ether oxygens (including phenoxy) is 2. The summed E-state index contributed by atoms with van der Waals surface area (Å²) in [6.07, 6.45) is 1.66. The molecule has 1 unspecified atom stereocenters. The number of carbonyl (C=O) groups is 3. The van der Waals surface area contributed by atoms with Gasteiger partial charge in [-0.1, -0.05) is 86.6 Å². The number of carbonyl (C=O) groups excluding carboxylic acids is 3. The molecule has 3 amide bonds. The molecule has 0 saturated carbocycles. The third kappa shape index (κ3) is 8.57. The zero-order valence-corrected chi connectivity index (χ0v) is 27.8. The fourth-order valence-electron chi connectivity index (χ4n) is 5.12. The highest BCUT2D eigenvalue weighted by atomic mass is 32.2. The van der Waals surface area contributed by atoms with E-state index in [4.69, 9.17) is 9.47 Å². The molecule has 1 aliphatic heterocycles. The molecule has 0 bridgehead atoms. The van der Waals surface area contributed by atoms with Gasteiger partial charge in [0.15, 0.2) is 11.5 Å². The van der Waals surface area contributed by atoms with Crippen molar-refractivity contribution in [2.75, 3.05) is 17.4 Å². The maximum Gasteiger partial charge on any atom is 0.272 e. The fraction of sp³-hybridized carbons (Fsp3) is 0.125. The molecule has 246 valence electrons. The van der Waals surface area contributed by atoms with Gasteiger partial charge in [-0.25, -0.2) is 0 Å². The van der Waals surface area contributed by atoms with Crippen LogP contribution in [0.3, 0.4) is 0 Å². The van der Waals surface area contributed by atoms with E-state index in [1.165, 1.54) is 17.3 Å². The topological polar surface area (TPSA) is 106 Å². The van der Waals surface area contributed by atoms with Gasteiger partial charge in [0, 0.05) is 27.9 Å². The second-order valence-corrected chi connectivity index (χ2v) is 12.8. The second kappa shape index (κ2) is 15.4. The molecule has 0 saturated heterocycles. The van der Waals surface area contributed by atoms with E-state index in [2.05, 4.69) is 29.8 Å². The first-order chi connectivity index (χ1) is 23.8. The molecule has 3 N–H and O–H groups in total. The van der Waals surface area contributed by atoms with E-state index in [9.17, 15) is 14.4 Å². The molecule has 8 nitrogen and oxygen atoms in total. The van der Waals surface area contributed by atoms with Crippen molar-refractivity contribution in [3.8, 4) is 11.5 Å². The van der Waals surface area contributed by atoms with Gasteiger partial charge in [0.1, 0.15) is 10.9 Å². The van der Waals surface area contributed by atoms with Gasteiger partial charge in [-0.2, -0.15) is 0 Å². The highest BCUT2D eigenvalue weighted by molar-refractivity contribution is 8.00. The lowest BCUT2D eigenvalue weighted by Gasteiger charge is -2.18. The van der Waals surface area contributed by atoms with Crippen molar-refractivity contribution in [2.24, 2.45) is 0 Å². The Morgan fingerprint density at radius 2 is 1.35 bits per heavy atom. The molecule has 5 aromatic carbocycles. The molecule has 6 rings (SSSR count). The number of thioether (sulfide) groups is 1. The van der Waals surface area contributed by atoms with Gasteiger partial charge in [-0.3, -0.25) is 14.4 Å². The van der Waals surface area contributed by atoms with Gasteiger partial charge in [0.2, 0.25) is 12.7 Å². The van der Waals surface area contributed by atoms with Crippen molar-refractivity contribution in [3.63, 3.8) is 0 Å². The van der Waals surface area contributed by atoms with Crippen LogP contribution in [-0.4, -0.2) is 24.5 Å².